The van der Waals surface area contributed by atoms with Gasteiger partial charge in [-0.2, -0.15) is 0 Å². The van der Waals surface area contributed by atoms with E-state index in [0.717, 1.165) is 11.3 Å². The minimum Gasteiger partial charge on any atom is -0.497 e. The Balaban J connectivity index is 2.19. The summed E-state index contributed by atoms with van der Waals surface area (Å²) in [5, 5.41) is 0. The van der Waals surface area contributed by atoms with Crippen LogP contribution in [0.4, 0.5) is 0 Å². The van der Waals surface area contributed by atoms with Crippen molar-refractivity contribution in [3.8, 4) is 5.75 Å². The van der Waals surface area contributed by atoms with Crippen molar-refractivity contribution in [3.63, 3.8) is 0 Å². The topological polar surface area (TPSA) is 61.8 Å². The molecule has 0 aliphatic carbocycles. The fraction of sp³-hybridized carbons (Fsp3) is 0.474. The van der Waals surface area contributed by atoms with Crippen molar-refractivity contribution in [2.24, 2.45) is 0 Å². The van der Waals surface area contributed by atoms with Gasteiger partial charge in [0.05, 0.1) is 13.7 Å². The first kappa shape index (κ1) is 19.7. The molecule has 0 radical (unpaired) electrons. The third-order valence-electron chi connectivity index (χ3n) is 2.97. The molecule has 0 amide bonds. The van der Waals surface area contributed by atoms with Crippen LogP contribution in [0.3, 0.4) is 0 Å². The van der Waals surface area contributed by atoms with Crippen molar-refractivity contribution in [2.75, 3.05) is 13.7 Å². The third-order valence-corrected chi connectivity index (χ3v) is 2.97. The molecule has 0 unspecified atom stereocenters. The molecule has 1 rings (SSSR count). The summed E-state index contributed by atoms with van der Waals surface area (Å²) in [6, 6.07) is 7.34. The number of esters is 2. The lowest BCUT2D eigenvalue weighted by atomic mass is 10.2. The van der Waals surface area contributed by atoms with E-state index in [9.17, 15) is 9.59 Å². The second-order valence-corrected chi connectivity index (χ2v) is 6.32. The number of methoxy groups -OCH3 is 1. The van der Waals surface area contributed by atoms with E-state index in [0.29, 0.717) is 19.3 Å². The van der Waals surface area contributed by atoms with E-state index >= 15 is 0 Å². The summed E-state index contributed by atoms with van der Waals surface area (Å²) in [4.78, 5) is 23.1. The second-order valence-electron chi connectivity index (χ2n) is 6.32. The maximum absolute atomic E-state index is 11.6. The highest BCUT2D eigenvalue weighted by molar-refractivity contribution is 5.87. The second kappa shape index (κ2) is 9.75. The lowest BCUT2D eigenvalue weighted by molar-refractivity contribution is -0.154. The van der Waals surface area contributed by atoms with Crippen molar-refractivity contribution in [2.45, 2.75) is 45.6 Å². The number of carbonyl (C=O) groups excluding carboxylic acids is 2. The van der Waals surface area contributed by atoms with Gasteiger partial charge in [0.1, 0.15) is 11.4 Å². The third kappa shape index (κ3) is 8.98. The number of carbonyl (C=O) groups is 2. The van der Waals surface area contributed by atoms with E-state index in [-0.39, 0.29) is 12.6 Å². The summed E-state index contributed by atoms with van der Waals surface area (Å²) < 4.78 is 15.4. The zero-order valence-electron chi connectivity index (χ0n) is 14.8. The molecule has 0 heterocycles. The van der Waals surface area contributed by atoms with Gasteiger partial charge in [-0.15, -0.1) is 0 Å². The van der Waals surface area contributed by atoms with Gasteiger partial charge in [0.15, 0.2) is 0 Å². The Morgan fingerprint density at radius 2 is 1.75 bits per heavy atom. The molecule has 0 N–H and O–H groups in total. The van der Waals surface area contributed by atoms with Crippen LogP contribution >= 0.6 is 0 Å². The van der Waals surface area contributed by atoms with Crippen molar-refractivity contribution < 1.29 is 23.8 Å². The van der Waals surface area contributed by atoms with Gasteiger partial charge < -0.3 is 14.2 Å². The van der Waals surface area contributed by atoms with Crippen LogP contribution in [-0.2, 0) is 19.1 Å². The molecule has 1 aromatic carbocycles. The summed E-state index contributed by atoms with van der Waals surface area (Å²) in [6.07, 6.45) is 4.65. The largest absolute Gasteiger partial charge is 0.497 e. The number of unbranched alkanes of at least 4 members (excludes halogenated alkanes) is 1. The Morgan fingerprint density at radius 3 is 2.33 bits per heavy atom. The molecule has 1 aromatic rings. The van der Waals surface area contributed by atoms with Gasteiger partial charge in [0.2, 0.25) is 0 Å². The maximum Gasteiger partial charge on any atom is 0.330 e. The quantitative estimate of drug-likeness (QED) is 0.411. The Kier molecular flexibility index (Phi) is 8.02. The molecule has 0 spiro atoms. The molecule has 0 saturated carbocycles. The van der Waals surface area contributed by atoms with Gasteiger partial charge >= 0.3 is 11.9 Å². The fourth-order valence-corrected chi connectivity index (χ4v) is 1.86. The van der Waals surface area contributed by atoms with Crippen LogP contribution in [0.25, 0.3) is 6.08 Å². The van der Waals surface area contributed by atoms with E-state index < -0.39 is 11.6 Å². The Morgan fingerprint density at radius 1 is 1.08 bits per heavy atom. The average molecular weight is 334 g/mol. The lowest BCUT2D eigenvalue weighted by Gasteiger charge is -2.19. The first-order valence-corrected chi connectivity index (χ1v) is 8.01. The molecule has 24 heavy (non-hydrogen) atoms. The van der Waals surface area contributed by atoms with Crippen LogP contribution < -0.4 is 4.74 Å². The van der Waals surface area contributed by atoms with E-state index in [1.54, 1.807) is 13.2 Å². The van der Waals surface area contributed by atoms with Gasteiger partial charge in [-0.3, -0.25) is 4.79 Å². The number of hydrogen-bond acceptors (Lipinski definition) is 5. The highest BCUT2D eigenvalue weighted by atomic mass is 16.6. The Labute approximate surface area is 143 Å². The van der Waals surface area contributed by atoms with Gasteiger partial charge in [-0.1, -0.05) is 12.1 Å². The summed E-state index contributed by atoms with van der Waals surface area (Å²) in [5.41, 5.74) is 0.424. The molecule has 132 valence electrons. The number of benzene rings is 1. The normalized spacial score (nSPS) is 11.3. The summed E-state index contributed by atoms with van der Waals surface area (Å²) in [6.45, 7) is 5.79. The minimum absolute atomic E-state index is 0.228. The molecule has 0 aliphatic rings. The van der Waals surface area contributed by atoms with E-state index in [1.165, 1.54) is 6.08 Å². The zero-order chi connectivity index (χ0) is 18.0. The Bertz CT molecular complexity index is 552. The highest BCUT2D eigenvalue weighted by Crippen LogP contribution is 2.12. The van der Waals surface area contributed by atoms with Crippen molar-refractivity contribution in [1.82, 2.24) is 0 Å². The van der Waals surface area contributed by atoms with Crippen LogP contribution in [0.1, 0.15) is 45.6 Å². The molecule has 0 aliphatic heterocycles. The minimum atomic E-state index is -0.462. The molecule has 0 fully saturated rings. The van der Waals surface area contributed by atoms with Crippen molar-refractivity contribution in [3.05, 3.63) is 35.9 Å². The molecular weight excluding hydrogens is 308 g/mol. The summed E-state index contributed by atoms with van der Waals surface area (Å²) >= 11 is 0. The smallest absolute Gasteiger partial charge is 0.330 e. The Hall–Kier alpha value is -2.30. The average Bonchev–Trinajstić information content (AvgIpc) is 2.51. The van der Waals surface area contributed by atoms with Gasteiger partial charge in [-0.05, 0) is 57.4 Å². The summed E-state index contributed by atoms with van der Waals surface area (Å²) in [7, 11) is 1.60. The summed E-state index contributed by atoms with van der Waals surface area (Å²) in [5.74, 6) is 0.135. The monoisotopic (exact) mass is 334 g/mol. The predicted octanol–water partition coefficient (Wildman–Crippen LogP) is 3.76. The molecule has 5 heteroatoms. The van der Waals surface area contributed by atoms with Crippen LogP contribution in [0, 0.1) is 0 Å². The first-order chi connectivity index (χ1) is 11.3. The molecule has 0 aromatic heterocycles. The molecule has 5 nitrogen and oxygen atoms in total. The number of ether oxygens (including phenoxy) is 3. The van der Waals surface area contributed by atoms with Gasteiger partial charge in [0.25, 0.3) is 0 Å². The SMILES string of the molecule is COc1ccc(/C=C/C(=O)OCCCCC(=O)OC(C)(C)C)cc1. The molecule has 0 atom stereocenters. The standard InChI is InChI=1S/C19H26O5/c1-19(2,3)24-18(21)7-5-6-14-23-17(20)13-10-15-8-11-16(22-4)12-9-15/h8-13H,5-7,14H2,1-4H3/b13-10+. The fourth-order valence-electron chi connectivity index (χ4n) is 1.86. The maximum atomic E-state index is 11.6. The van der Waals surface area contributed by atoms with E-state index in [4.69, 9.17) is 14.2 Å². The van der Waals surface area contributed by atoms with E-state index in [2.05, 4.69) is 0 Å². The highest BCUT2D eigenvalue weighted by Gasteiger charge is 2.15. The lowest BCUT2D eigenvalue weighted by Crippen LogP contribution is -2.23. The van der Waals surface area contributed by atoms with Crippen LogP contribution in [0.2, 0.25) is 0 Å². The predicted molar refractivity (Wildman–Crippen MR) is 92.7 cm³/mol. The van der Waals surface area contributed by atoms with Gasteiger partial charge in [-0.25, -0.2) is 4.79 Å². The molecule has 0 bridgehead atoms. The number of hydrogen-bond donors (Lipinski definition) is 0. The van der Waals surface area contributed by atoms with Crippen LogP contribution in [-0.4, -0.2) is 31.3 Å². The zero-order valence-corrected chi connectivity index (χ0v) is 14.8. The van der Waals surface area contributed by atoms with Gasteiger partial charge in [0, 0.05) is 12.5 Å². The molecule has 0 saturated heterocycles. The number of rotatable bonds is 8. The van der Waals surface area contributed by atoms with Crippen molar-refractivity contribution >= 4 is 18.0 Å². The van der Waals surface area contributed by atoms with E-state index in [1.807, 2.05) is 45.0 Å². The first-order valence-electron chi connectivity index (χ1n) is 8.01. The van der Waals surface area contributed by atoms with Crippen LogP contribution in [0.5, 0.6) is 5.75 Å². The van der Waals surface area contributed by atoms with Crippen molar-refractivity contribution in [1.29, 1.82) is 0 Å². The molecular formula is C19H26O5. The van der Waals surface area contributed by atoms with Crippen LogP contribution in [0.15, 0.2) is 30.3 Å².